The van der Waals surface area contributed by atoms with Crippen LogP contribution in [0.2, 0.25) is 0 Å². The Morgan fingerprint density at radius 3 is 2.74 bits per heavy atom. The minimum absolute atomic E-state index is 0.156. The van der Waals surface area contributed by atoms with Crippen molar-refractivity contribution in [2.45, 2.75) is 13.0 Å². The number of nitrogens with one attached hydrogen (secondary N) is 1. The van der Waals surface area contributed by atoms with Gasteiger partial charge in [-0.1, -0.05) is 0 Å². The average Bonchev–Trinajstić information content (AvgIpc) is 3.27. The molecule has 1 aliphatic heterocycles. The maximum Gasteiger partial charge on any atom is 0.226 e. The first kappa shape index (κ1) is 24.0. The average molecular weight is 513 g/mol. The predicted molar refractivity (Wildman–Crippen MR) is 144 cm³/mol. The fraction of sp³-hybridized carbons (Fsp3) is 0.296. The second kappa shape index (κ2) is 10.2. The van der Waals surface area contributed by atoms with Gasteiger partial charge in [0.1, 0.15) is 28.9 Å². The molecule has 0 unspecified atom stereocenters. The molecule has 38 heavy (non-hydrogen) atoms. The summed E-state index contributed by atoms with van der Waals surface area (Å²) in [6.07, 6.45) is 5.19. The van der Waals surface area contributed by atoms with Crippen molar-refractivity contribution < 1.29 is 14.2 Å². The smallest absolute Gasteiger partial charge is 0.226 e. The first-order valence-corrected chi connectivity index (χ1v) is 12.4. The SMILES string of the molecule is COCCOC1CN(c2ncc3ncnc(Nc4ccc(Oc5ccc6c(c5)ncn6C)c(C)c4)c3n2)C1. The number of rotatable bonds is 9. The van der Waals surface area contributed by atoms with Crippen LogP contribution in [0.5, 0.6) is 11.5 Å². The van der Waals surface area contributed by atoms with Crippen LogP contribution in [0.4, 0.5) is 17.5 Å². The summed E-state index contributed by atoms with van der Waals surface area (Å²) >= 11 is 0. The zero-order valence-electron chi connectivity index (χ0n) is 21.5. The molecule has 0 spiro atoms. The van der Waals surface area contributed by atoms with Gasteiger partial charge in [-0.2, -0.15) is 0 Å². The summed E-state index contributed by atoms with van der Waals surface area (Å²) in [6.45, 7) is 4.65. The highest BCUT2D eigenvalue weighted by Crippen LogP contribution is 2.31. The van der Waals surface area contributed by atoms with E-state index < -0.39 is 0 Å². The molecule has 0 radical (unpaired) electrons. The highest BCUT2D eigenvalue weighted by atomic mass is 16.5. The molecular weight excluding hydrogens is 484 g/mol. The van der Waals surface area contributed by atoms with E-state index in [9.17, 15) is 0 Å². The van der Waals surface area contributed by atoms with Crippen LogP contribution in [0.3, 0.4) is 0 Å². The number of fused-ring (bicyclic) bond motifs is 2. The molecule has 1 fully saturated rings. The van der Waals surface area contributed by atoms with Gasteiger partial charge in [0, 0.05) is 39.0 Å². The number of methoxy groups -OCH3 is 1. The number of imidazole rings is 1. The van der Waals surface area contributed by atoms with Crippen LogP contribution in [0.25, 0.3) is 22.1 Å². The van der Waals surface area contributed by atoms with Gasteiger partial charge in [-0.25, -0.2) is 24.9 Å². The Morgan fingerprint density at radius 1 is 1.00 bits per heavy atom. The van der Waals surface area contributed by atoms with E-state index in [0.717, 1.165) is 46.9 Å². The van der Waals surface area contributed by atoms with Crippen molar-refractivity contribution in [3.8, 4) is 11.5 Å². The van der Waals surface area contributed by atoms with Gasteiger partial charge in [-0.15, -0.1) is 0 Å². The molecule has 5 aromatic rings. The van der Waals surface area contributed by atoms with Gasteiger partial charge in [0.15, 0.2) is 5.82 Å². The van der Waals surface area contributed by atoms with Gasteiger partial charge >= 0.3 is 0 Å². The number of aryl methyl sites for hydroxylation is 2. The van der Waals surface area contributed by atoms with E-state index in [2.05, 4.69) is 30.2 Å². The van der Waals surface area contributed by atoms with Crippen molar-refractivity contribution in [3.63, 3.8) is 0 Å². The van der Waals surface area contributed by atoms with Gasteiger partial charge in [0.25, 0.3) is 0 Å². The van der Waals surface area contributed by atoms with E-state index in [1.807, 2.05) is 54.9 Å². The molecule has 1 N–H and O–H groups in total. The summed E-state index contributed by atoms with van der Waals surface area (Å²) in [5.74, 6) is 2.75. The summed E-state index contributed by atoms with van der Waals surface area (Å²) < 4.78 is 18.9. The second-order valence-electron chi connectivity index (χ2n) is 9.23. The van der Waals surface area contributed by atoms with Crippen LogP contribution in [0.15, 0.2) is 55.2 Å². The molecular formula is C27H28N8O3. The number of aromatic nitrogens is 6. The fourth-order valence-corrected chi connectivity index (χ4v) is 4.38. The maximum atomic E-state index is 6.16. The standard InChI is InChI=1S/C27H28N8O3/c1-17-10-18(4-7-24(17)38-19-5-6-23-21(11-19)31-16-34(23)2)32-26-25-22(29-15-30-26)12-28-27(33-25)35-13-20(14-35)37-9-8-36-3/h4-7,10-12,15-16,20H,8-9,13-14H2,1-3H3,(H,29,30,32). The Labute approximate surface area is 219 Å². The number of benzene rings is 2. The Bertz CT molecular complexity index is 1600. The molecule has 1 aliphatic rings. The van der Waals surface area contributed by atoms with E-state index in [0.29, 0.717) is 36.0 Å². The van der Waals surface area contributed by atoms with Crippen molar-refractivity contribution in [2.24, 2.45) is 7.05 Å². The van der Waals surface area contributed by atoms with E-state index >= 15 is 0 Å². The molecule has 194 valence electrons. The normalized spacial score (nSPS) is 13.7. The first-order chi connectivity index (χ1) is 18.6. The Morgan fingerprint density at radius 2 is 1.89 bits per heavy atom. The number of nitrogens with zero attached hydrogens (tertiary/aromatic N) is 7. The third-order valence-corrected chi connectivity index (χ3v) is 6.50. The van der Waals surface area contributed by atoms with E-state index in [4.69, 9.17) is 19.2 Å². The maximum absolute atomic E-state index is 6.16. The monoisotopic (exact) mass is 512 g/mol. The summed E-state index contributed by atoms with van der Waals surface area (Å²) in [4.78, 5) is 24.5. The first-order valence-electron chi connectivity index (χ1n) is 12.4. The Kier molecular flexibility index (Phi) is 6.44. The molecule has 11 heteroatoms. The summed E-state index contributed by atoms with van der Waals surface area (Å²) in [7, 11) is 3.64. The molecule has 0 amide bonds. The summed E-state index contributed by atoms with van der Waals surface area (Å²) in [5.41, 5.74) is 5.12. The van der Waals surface area contributed by atoms with Crippen molar-refractivity contribution in [1.82, 2.24) is 29.5 Å². The van der Waals surface area contributed by atoms with Crippen LogP contribution in [-0.4, -0.2) is 69.0 Å². The molecule has 0 aliphatic carbocycles. The summed E-state index contributed by atoms with van der Waals surface area (Å²) in [5, 5.41) is 3.38. The lowest BCUT2D eigenvalue weighted by molar-refractivity contribution is 0.00352. The van der Waals surface area contributed by atoms with E-state index in [1.54, 1.807) is 19.6 Å². The van der Waals surface area contributed by atoms with Crippen molar-refractivity contribution >= 4 is 39.5 Å². The van der Waals surface area contributed by atoms with E-state index in [1.165, 1.54) is 6.33 Å². The van der Waals surface area contributed by atoms with Crippen molar-refractivity contribution in [2.75, 3.05) is 43.6 Å². The summed E-state index contributed by atoms with van der Waals surface area (Å²) in [6, 6.07) is 11.8. The van der Waals surface area contributed by atoms with Crippen LogP contribution in [0.1, 0.15) is 5.56 Å². The molecule has 0 saturated carbocycles. The van der Waals surface area contributed by atoms with Gasteiger partial charge < -0.3 is 29.0 Å². The number of ether oxygens (including phenoxy) is 3. The Balaban J connectivity index is 1.17. The lowest BCUT2D eigenvalue weighted by Crippen LogP contribution is -2.53. The molecule has 6 rings (SSSR count). The van der Waals surface area contributed by atoms with Crippen LogP contribution in [-0.2, 0) is 16.5 Å². The predicted octanol–water partition coefficient (Wildman–Crippen LogP) is 4.00. The number of hydrogen-bond acceptors (Lipinski definition) is 10. The third kappa shape index (κ3) is 4.81. The molecule has 2 aromatic carbocycles. The third-order valence-electron chi connectivity index (χ3n) is 6.50. The zero-order chi connectivity index (χ0) is 26.1. The minimum atomic E-state index is 0.156. The molecule has 11 nitrogen and oxygen atoms in total. The zero-order valence-corrected chi connectivity index (χ0v) is 21.5. The Hall–Kier alpha value is -4.35. The highest BCUT2D eigenvalue weighted by Gasteiger charge is 2.29. The highest BCUT2D eigenvalue weighted by molar-refractivity contribution is 5.87. The van der Waals surface area contributed by atoms with Gasteiger partial charge in [-0.05, 0) is 42.8 Å². The topological polar surface area (TPSA) is 112 Å². The number of anilines is 3. The molecule has 0 atom stereocenters. The fourth-order valence-electron chi connectivity index (χ4n) is 4.38. The van der Waals surface area contributed by atoms with Crippen molar-refractivity contribution in [1.29, 1.82) is 0 Å². The largest absolute Gasteiger partial charge is 0.457 e. The molecule has 3 aromatic heterocycles. The van der Waals surface area contributed by atoms with Crippen LogP contribution < -0.4 is 15.0 Å². The van der Waals surface area contributed by atoms with Crippen molar-refractivity contribution in [3.05, 3.63) is 60.8 Å². The minimum Gasteiger partial charge on any atom is -0.457 e. The van der Waals surface area contributed by atoms with Gasteiger partial charge in [-0.3, -0.25) is 0 Å². The molecule has 4 heterocycles. The number of hydrogen-bond donors (Lipinski definition) is 1. The molecule has 0 bridgehead atoms. The van der Waals surface area contributed by atoms with Crippen LogP contribution in [0, 0.1) is 6.92 Å². The van der Waals surface area contributed by atoms with Gasteiger partial charge in [0.2, 0.25) is 5.95 Å². The van der Waals surface area contributed by atoms with Gasteiger partial charge in [0.05, 0.1) is 42.9 Å². The lowest BCUT2D eigenvalue weighted by Gasteiger charge is -2.38. The molecule has 1 saturated heterocycles. The van der Waals surface area contributed by atoms with E-state index in [-0.39, 0.29) is 6.10 Å². The second-order valence-corrected chi connectivity index (χ2v) is 9.23. The quantitative estimate of drug-likeness (QED) is 0.291. The lowest BCUT2D eigenvalue weighted by atomic mass is 10.2. The van der Waals surface area contributed by atoms with Crippen LogP contribution >= 0.6 is 0 Å².